The summed E-state index contributed by atoms with van der Waals surface area (Å²) in [5.41, 5.74) is 35.7. The molecule has 0 aromatic rings. The third kappa shape index (κ3) is 64.3. The molecular weight excluding hydrogens is 910 g/mol. The number of urea groups is 1. The average molecular weight is 998 g/mol. The van der Waals surface area contributed by atoms with Crippen LogP contribution in [0.3, 0.4) is 0 Å². The highest BCUT2D eigenvalue weighted by Gasteiger charge is 2.30. The minimum atomic E-state index is -1.54. The Morgan fingerprint density at radius 3 is 0.985 bits per heavy atom. The summed E-state index contributed by atoms with van der Waals surface area (Å²) in [5.74, 6) is -4.92. The van der Waals surface area contributed by atoms with Gasteiger partial charge < -0.3 is 61.1 Å². The summed E-state index contributed by atoms with van der Waals surface area (Å²) in [5, 5.41) is 22.1. The Bertz CT molecular complexity index is 1640. The molecule has 22 nitrogen and oxygen atoms in total. The lowest BCUT2D eigenvalue weighted by atomic mass is 9.81. The summed E-state index contributed by atoms with van der Waals surface area (Å²) >= 11 is 4.34. The normalized spacial score (nSPS) is 12.0. The van der Waals surface area contributed by atoms with E-state index >= 15 is 0 Å². The predicted octanol–water partition coefficient (Wildman–Crippen LogP) is 4.05. The fraction of sp³-hybridized carbons (Fsp3) is 0.727. The van der Waals surface area contributed by atoms with Gasteiger partial charge in [0, 0.05) is 28.2 Å². The van der Waals surface area contributed by atoms with Crippen LogP contribution in [-0.2, 0) is 38.3 Å². The van der Waals surface area contributed by atoms with Crippen LogP contribution >= 0.6 is 12.2 Å². The van der Waals surface area contributed by atoms with Gasteiger partial charge in [-0.25, -0.2) is 14.0 Å². The van der Waals surface area contributed by atoms with Gasteiger partial charge in [-0.3, -0.25) is 33.6 Å². The molecule has 0 radical (unpaired) electrons. The molecule has 0 spiro atoms. The van der Waals surface area contributed by atoms with Crippen molar-refractivity contribution in [3.8, 4) is 6.07 Å². The standard InChI is InChI=1S/C7H12N2O.C6H12FNO.C6H12N2O2.C6H11NO2.C6H13NO.C5H12N2O.C5H11NO2.C3H5NOS/c1-7(2,3)5(4-8)6(9)10;1-6(2,3)4(7)5(8)9;1-6(2,3)4(8-10)5(7)9;1-6(2,3)4(8)5(7)9;1-6(2,3)4-5(7)8;1-5(2,3)7-4(6)8;1-5(2,3)8-4(6)7;1-2(6)3(4)5/h5H,1-3H3,(H2,9,10);4H,1-3H3,(H2,8,9);10H,1-3H3,(H2,7,9);1-3H3,(H2,7,9);4H2,1-3H3,(H2,7,8);1-3H3,(H3,6,7,8);1-3H3,(H2,6,7);1H3,(H2,4,5)/b;;8-4+;;;;;. The van der Waals surface area contributed by atoms with Gasteiger partial charge in [-0.2, -0.15) is 5.26 Å². The predicted molar refractivity (Wildman–Crippen MR) is 266 cm³/mol. The Labute approximate surface area is 409 Å². The van der Waals surface area contributed by atoms with Crippen molar-refractivity contribution in [2.45, 2.75) is 176 Å². The minimum absolute atomic E-state index is 0.00694. The number of nitrogens with one attached hydrogen (secondary N) is 1. The molecule has 2 atom stereocenters. The van der Waals surface area contributed by atoms with Crippen molar-refractivity contribution < 1.29 is 57.5 Å². The first-order valence-electron chi connectivity index (χ1n) is 20.5. The number of amides is 9. The van der Waals surface area contributed by atoms with Gasteiger partial charge >= 0.3 is 12.1 Å². The van der Waals surface area contributed by atoms with Crippen molar-refractivity contribution in [2.24, 2.45) is 84.0 Å². The zero-order chi connectivity index (χ0) is 57.5. The number of hydrogen-bond donors (Lipinski definition) is 10. The SMILES string of the molecule is CC(=S)C(N)=O.CC(C)(C)/C(=N/O)C(N)=O.CC(C)(C)C(=O)C(N)=O.CC(C)(C)C(C#N)C(N)=O.CC(C)(C)C(F)C(N)=O.CC(C)(C)CC(N)=O.CC(C)(C)NC(N)=O.CC(C)(C)OC(N)=O. The van der Waals surface area contributed by atoms with E-state index in [9.17, 15) is 47.5 Å². The van der Waals surface area contributed by atoms with Crippen LogP contribution in [0.2, 0.25) is 0 Å². The maximum absolute atomic E-state index is 12.6. The van der Waals surface area contributed by atoms with Crippen molar-refractivity contribution >= 4 is 76.1 Å². The van der Waals surface area contributed by atoms with Gasteiger partial charge in [-0.1, -0.05) is 121 Å². The molecule has 0 bridgehead atoms. The van der Waals surface area contributed by atoms with Crippen molar-refractivity contribution in [3.63, 3.8) is 0 Å². The molecule has 0 aliphatic rings. The largest absolute Gasteiger partial charge is 0.444 e. The van der Waals surface area contributed by atoms with Gasteiger partial charge in [-0.15, -0.1) is 0 Å². The van der Waals surface area contributed by atoms with E-state index in [1.807, 2.05) is 68.4 Å². The molecule has 2 unspecified atom stereocenters. The second-order valence-corrected chi connectivity index (χ2v) is 22.5. The number of Topliss-reactive ketones (excluding diaryl/α,β-unsaturated/α-hetero) is 1. The minimum Gasteiger partial charge on any atom is -0.444 e. The number of rotatable bonds is 6. The van der Waals surface area contributed by atoms with Gasteiger partial charge in [0.15, 0.2) is 6.17 Å². The van der Waals surface area contributed by atoms with Crippen LogP contribution < -0.4 is 51.2 Å². The van der Waals surface area contributed by atoms with Gasteiger partial charge in [0.1, 0.15) is 17.2 Å². The molecule has 0 aromatic heterocycles. The van der Waals surface area contributed by atoms with Crippen LogP contribution in [-0.4, -0.2) is 86.4 Å². The maximum atomic E-state index is 12.6. The van der Waals surface area contributed by atoms with Crippen LogP contribution in [0.15, 0.2) is 5.16 Å². The number of carbonyl (C=O) groups excluding carboxylic acids is 9. The second kappa shape index (κ2) is 34.3. The number of alkyl halides is 1. The van der Waals surface area contributed by atoms with Crippen molar-refractivity contribution in [1.82, 2.24) is 5.32 Å². The van der Waals surface area contributed by atoms with E-state index in [1.54, 1.807) is 83.1 Å². The molecule has 0 fully saturated rings. The van der Waals surface area contributed by atoms with E-state index < -0.39 is 81.4 Å². The van der Waals surface area contributed by atoms with Gasteiger partial charge in [0.2, 0.25) is 17.6 Å². The molecule has 68 heavy (non-hydrogen) atoms. The van der Waals surface area contributed by atoms with E-state index in [0.717, 1.165) is 0 Å². The number of primary amides is 8. The summed E-state index contributed by atoms with van der Waals surface area (Å²) in [4.78, 5) is 92.6. The Morgan fingerprint density at radius 1 is 0.632 bits per heavy atom. The Kier molecular flexibility index (Phi) is 39.9. The summed E-state index contributed by atoms with van der Waals surface area (Å²) in [7, 11) is 0. The zero-order valence-electron chi connectivity index (χ0n) is 44.7. The fourth-order valence-corrected chi connectivity index (χ4v) is 3.24. The topological polar surface area (TPSA) is 439 Å². The van der Waals surface area contributed by atoms with E-state index in [2.05, 4.69) is 33.2 Å². The van der Waals surface area contributed by atoms with E-state index in [-0.39, 0.29) is 32.9 Å². The van der Waals surface area contributed by atoms with Crippen LogP contribution in [0, 0.1) is 44.3 Å². The zero-order valence-corrected chi connectivity index (χ0v) is 45.5. The number of nitriles is 1. The number of thiocarbonyl (C=S) groups is 1. The summed E-state index contributed by atoms with van der Waals surface area (Å²) < 4.78 is 17.1. The number of ketones is 1. The second-order valence-electron chi connectivity index (χ2n) is 21.9. The summed E-state index contributed by atoms with van der Waals surface area (Å²) in [6, 6.07) is 1.39. The molecule has 9 amide bonds. The molecule has 0 aliphatic carbocycles. The number of carbonyl (C=O) groups is 9. The monoisotopic (exact) mass is 998 g/mol. The number of oxime groups is 1. The third-order valence-electron chi connectivity index (χ3n) is 6.20. The van der Waals surface area contributed by atoms with Crippen LogP contribution in [0.4, 0.5) is 14.0 Å². The van der Waals surface area contributed by atoms with Crippen molar-refractivity contribution in [3.05, 3.63) is 0 Å². The highest BCUT2D eigenvalue weighted by Crippen LogP contribution is 2.24. The molecule has 24 heteroatoms. The number of hydrogen-bond acceptors (Lipinski definition) is 14. The van der Waals surface area contributed by atoms with Gasteiger partial charge in [0.25, 0.3) is 23.6 Å². The van der Waals surface area contributed by atoms with Crippen molar-refractivity contribution in [1.29, 1.82) is 5.26 Å². The first-order valence-corrected chi connectivity index (χ1v) is 20.9. The molecule has 398 valence electrons. The lowest BCUT2D eigenvalue weighted by Crippen LogP contribution is -2.43. The first kappa shape index (κ1) is 79.1. The first-order chi connectivity index (χ1) is 29.4. The number of nitrogens with two attached hydrogens (primary N) is 8. The lowest BCUT2D eigenvalue weighted by Gasteiger charge is -2.21. The average Bonchev–Trinajstić information content (AvgIpc) is 3.00. The molecule has 0 saturated heterocycles. The van der Waals surface area contributed by atoms with Crippen LogP contribution in [0.5, 0.6) is 0 Å². The summed E-state index contributed by atoms with van der Waals surface area (Å²) in [6.45, 7) is 38.9. The number of nitrogens with zero attached hydrogens (tertiary/aromatic N) is 2. The third-order valence-corrected chi connectivity index (χ3v) is 6.40. The van der Waals surface area contributed by atoms with Gasteiger partial charge in [-0.05, 0) is 59.3 Å². The Hall–Kier alpha value is -5.99. The van der Waals surface area contributed by atoms with E-state index in [4.69, 9.17) is 50.6 Å². The molecule has 0 rings (SSSR count). The molecule has 0 aromatic carbocycles. The maximum Gasteiger partial charge on any atom is 0.405 e. The highest BCUT2D eigenvalue weighted by molar-refractivity contribution is 7.82. The van der Waals surface area contributed by atoms with Crippen LogP contribution in [0.1, 0.15) is 159 Å². The summed E-state index contributed by atoms with van der Waals surface area (Å²) in [6.07, 6.45) is -1.80. The van der Waals surface area contributed by atoms with E-state index in [1.165, 1.54) is 6.92 Å². The number of ether oxygens (including phenoxy) is 1. The Balaban J connectivity index is -0.000000101. The van der Waals surface area contributed by atoms with Crippen molar-refractivity contribution in [2.75, 3.05) is 0 Å². The molecule has 0 saturated carbocycles. The van der Waals surface area contributed by atoms with Crippen LogP contribution in [0.25, 0.3) is 0 Å². The number of halogens is 1. The smallest absolute Gasteiger partial charge is 0.405 e. The molecular formula is C44H88FN11O11S. The van der Waals surface area contributed by atoms with Gasteiger partial charge in [0.05, 0.1) is 10.9 Å². The quantitative estimate of drug-likeness (QED) is 0.0591. The molecule has 0 aliphatic heterocycles. The molecule has 0 heterocycles. The highest BCUT2D eigenvalue weighted by atomic mass is 32.1. The van der Waals surface area contributed by atoms with E-state index in [0.29, 0.717) is 6.42 Å². The fourth-order valence-electron chi connectivity index (χ4n) is 3.24. The lowest BCUT2D eigenvalue weighted by molar-refractivity contribution is -0.140. The Morgan fingerprint density at radius 2 is 0.985 bits per heavy atom. The molecule has 18 N–H and O–H groups in total.